The molecule has 1 spiro atoms. The average Bonchev–Trinajstić information content (AvgIpc) is 3.27. The van der Waals surface area contributed by atoms with Crippen molar-refractivity contribution in [1.82, 2.24) is 24.8 Å². The SMILES string of the molecule is COCCN1CCC[C@@]2(CCN(C(=O)Cn3nc4ccccc4n3)C2)C1=O. The van der Waals surface area contributed by atoms with Crippen molar-refractivity contribution < 1.29 is 14.3 Å². The molecular weight excluding hydrogens is 346 g/mol. The Morgan fingerprint density at radius 2 is 1.93 bits per heavy atom. The Balaban J connectivity index is 1.42. The fourth-order valence-corrected chi connectivity index (χ4v) is 4.23. The lowest BCUT2D eigenvalue weighted by molar-refractivity contribution is -0.146. The minimum atomic E-state index is -0.427. The maximum atomic E-state index is 13.0. The zero-order valence-electron chi connectivity index (χ0n) is 15.6. The van der Waals surface area contributed by atoms with Crippen molar-refractivity contribution in [2.45, 2.75) is 25.8 Å². The fourth-order valence-electron chi connectivity index (χ4n) is 4.23. The molecule has 2 amide bonds. The second-order valence-electron chi connectivity index (χ2n) is 7.45. The minimum Gasteiger partial charge on any atom is -0.383 e. The molecule has 2 fully saturated rings. The molecule has 2 saturated heterocycles. The Kier molecular flexibility index (Phi) is 4.82. The molecule has 4 rings (SSSR count). The predicted molar refractivity (Wildman–Crippen MR) is 98.8 cm³/mol. The van der Waals surface area contributed by atoms with E-state index in [0.717, 1.165) is 36.8 Å². The maximum Gasteiger partial charge on any atom is 0.246 e. The summed E-state index contributed by atoms with van der Waals surface area (Å²) in [7, 11) is 1.65. The smallest absolute Gasteiger partial charge is 0.246 e. The third-order valence-electron chi connectivity index (χ3n) is 5.70. The van der Waals surface area contributed by atoms with Crippen molar-refractivity contribution >= 4 is 22.8 Å². The Morgan fingerprint density at radius 3 is 2.63 bits per heavy atom. The van der Waals surface area contributed by atoms with Crippen LogP contribution in [0.3, 0.4) is 0 Å². The number of benzene rings is 1. The first-order chi connectivity index (χ1) is 13.1. The summed E-state index contributed by atoms with van der Waals surface area (Å²) >= 11 is 0. The summed E-state index contributed by atoms with van der Waals surface area (Å²) in [5, 5.41) is 8.72. The minimum absolute atomic E-state index is 0.0333. The molecule has 0 N–H and O–H groups in total. The van der Waals surface area contributed by atoms with Gasteiger partial charge in [0.15, 0.2) is 0 Å². The van der Waals surface area contributed by atoms with E-state index >= 15 is 0 Å². The van der Waals surface area contributed by atoms with Gasteiger partial charge >= 0.3 is 0 Å². The van der Waals surface area contributed by atoms with Crippen LogP contribution in [0.2, 0.25) is 0 Å². The second-order valence-corrected chi connectivity index (χ2v) is 7.45. The standard InChI is InChI=1S/C19H25N5O3/c1-27-12-11-22-9-4-7-19(18(22)26)8-10-23(14-19)17(25)13-24-20-15-5-2-3-6-16(15)21-24/h2-3,5-6H,4,7-14H2,1H3/t19-/m0/s1. The van der Waals surface area contributed by atoms with Gasteiger partial charge in [-0.15, -0.1) is 0 Å². The normalized spacial score (nSPS) is 22.9. The van der Waals surface area contributed by atoms with Crippen LogP contribution in [0, 0.1) is 5.41 Å². The number of likely N-dealkylation sites (tertiary alicyclic amines) is 2. The van der Waals surface area contributed by atoms with E-state index in [-0.39, 0.29) is 18.4 Å². The fraction of sp³-hybridized carbons (Fsp3) is 0.579. The van der Waals surface area contributed by atoms with Gasteiger partial charge < -0.3 is 14.5 Å². The number of fused-ring (bicyclic) bond motifs is 1. The van der Waals surface area contributed by atoms with E-state index in [2.05, 4.69) is 10.2 Å². The summed E-state index contributed by atoms with van der Waals surface area (Å²) in [6.07, 6.45) is 2.56. The Labute approximate surface area is 158 Å². The molecule has 27 heavy (non-hydrogen) atoms. The Hall–Kier alpha value is -2.48. The van der Waals surface area contributed by atoms with Gasteiger partial charge in [0.05, 0.1) is 12.0 Å². The monoisotopic (exact) mass is 371 g/mol. The largest absolute Gasteiger partial charge is 0.383 e. The van der Waals surface area contributed by atoms with E-state index in [1.807, 2.05) is 29.2 Å². The lowest BCUT2D eigenvalue weighted by atomic mass is 9.78. The highest BCUT2D eigenvalue weighted by molar-refractivity contribution is 5.86. The van der Waals surface area contributed by atoms with Crippen molar-refractivity contribution in [3.8, 4) is 0 Å². The molecule has 144 valence electrons. The second kappa shape index (κ2) is 7.26. The van der Waals surface area contributed by atoms with Crippen molar-refractivity contribution in [2.75, 3.05) is 39.9 Å². The molecule has 3 heterocycles. The quantitative estimate of drug-likeness (QED) is 0.781. The Morgan fingerprint density at radius 1 is 1.19 bits per heavy atom. The van der Waals surface area contributed by atoms with Gasteiger partial charge in [0.25, 0.3) is 0 Å². The van der Waals surface area contributed by atoms with E-state index in [1.54, 1.807) is 12.0 Å². The molecule has 2 aromatic rings. The van der Waals surface area contributed by atoms with E-state index in [0.29, 0.717) is 26.2 Å². The predicted octanol–water partition coefficient (Wildman–Crippen LogP) is 0.919. The molecule has 1 atom stereocenters. The van der Waals surface area contributed by atoms with E-state index in [9.17, 15) is 9.59 Å². The molecular formula is C19H25N5O3. The van der Waals surface area contributed by atoms with Crippen molar-refractivity contribution in [2.24, 2.45) is 5.41 Å². The third-order valence-corrected chi connectivity index (χ3v) is 5.70. The number of hydrogen-bond donors (Lipinski definition) is 0. The molecule has 0 bridgehead atoms. The highest BCUT2D eigenvalue weighted by atomic mass is 16.5. The number of methoxy groups -OCH3 is 1. The molecule has 2 aliphatic heterocycles. The first kappa shape index (κ1) is 17.9. The lowest BCUT2D eigenvalue weighted by Gasteiger charge is -2.39. The highest BCUT2D eigenvalue weighted by Crippen LogP contribution is 2.40. The van der Waals surface area contributed by atoms with E-state index in [4.69, 9.17) is 4.74 Å². The van der Waals surface area contributed by atoms with Gasteiger partial charge in [-0.05, 0) is 31.4 Å². The summed E-state index contributed by atoms with van der Waals surface area (Å²) in [5.74, 6) is 0.137. The zero-order chi connectivity index (χ0) is 18.9. The van der Waals surface area contributed by atoms with Gasteiger partial charge in [-0.1, -0.05) is 12.1 Å². The molecule has 2 aliphatic rings. The summed E-state index contributed by atoms with van der Waals surface area (Å²) in [5.41, 5.74) is 1.13. The number of piperidine rings is 1. The molecule has 8 heteroatoms. The number of carbonyl (C=O) groups is 2. The number of rotatable bonds is 5. The van der Waals surface area contributed by atoms with Gasteiger partial charge in [-0.25, -0.2) is 0 Å². The van der Waals surface area contributed by atoms with Crippen molar-refractivity contribution in [3.63, 3.8) is 0 Å². The number of hydrogen-bond acceptors (Lipinski definition) is 5. The summed E-state index contributed by atoms with van der Waals surface area (Å²) < 4.78 is 5.12. The van der Waals surface area contributed by atoms with Gasteiger partial charge in [0, 0.05) is 33.3 Å². The molecule has 1 aromatic heterocycles. The van der Waals surface area contributed by atoms with Crippen LogP contribution in [0.25, 0.3) is 11.0 Å². The topological polar surface area (TPSA) is 80.6 Å². The molecule has 0 unspecified atom stereocenters. The van der Waals surface area contributed by atoms with Crippen LogP contribution in [-0.4, -0.2) is 76.5 Å². The van der Waals surface area contributed by atoms with E-state index in [1.165, 1.54) is 4.80 Å². The maximum absolute atomic E-state index is 13.0. The van der Waals surface area contributed by atoms with Crippen LogP contribution in [0.1, 0.15) is 19.3 Å². The number of ether oxygens (including phenoxy) is 1. The van der Waals surface area contributed by atoms with Gasteiger partial charge in [-0.3, -0.25) is 9.59 Å². The van der Waals surface area contributed by atoms with Crippen LogP contribution in [0.15, 0.2) is 24.3 Å². The third kappa shape index (κ3) is 3.41. The number of aromatic nitrogens is 3. The first-order valence-corrected chi connectivity index (χ1v) is 9.47. The Bertz CT molecular complexity index is 818. The van der Waals surface area contributed by atoms with Crippen molar-refractivity contribution in [1.29, 1.82) is 0 Å². The molecule has 1 aromatic carbocycles. The average molecular weight is 371 g/mol. The molecule has 0 saturated carbocycles. The van der Waals surface area contributed by atoms with Gasteiger partial charge in [-0.2, -0.15) is 15.0 Å². The van der Waals surface area contributed by atoms with Crippen LogP contribution >= 0.6 is 0 Å². The molecule has 0 aliphatic carbocycles. The van der Waals surface area contributed by atoms with Gasteiger partial charge in [0.2, 0.25) is 11.8 Å². The van der Waals surface area contributed by atoms with Gasteiger partial charge in [0.1, 0.15) is 17.6 Å². The first-order valence-electron chi connectivity index (χ1n) is 9.47. The number of nitrogens with zero attached hydrogens (tertiary/aromatic N) is 5. The van der Waals surface area contributed by atoms with Crippen LogP contribution in [0.5, 0.6) is 0 Å². The zero-order valence-corrected chi connectivity index (χ0v) is 15.6. The van der Waals surface area contributed by atoms with Crippen molar-refractivity contribution in [3.05, 3.63) is 24.3 Å². The van der Waals surface area contributed by atoms with Crippen LogP contribution in [0.4, 0.5) is 0 Å². The molecule has 0 radical (unpaired) electrons. The van der Waals surface area contributed by atoms with E-state index < -0.39 is 5.41 Å². The highest BCUT2D eigenvalue weighted by Gasteiger charge is 2.49. The van der Waals surface area contributed by atoms with Crippen LogP contribution < -0.4 is 0 Å². The summed E-state index contributed by atoms with van der Waals surface area (Å²) in [6.45, 7) is 3.16. The van der Waals surface area contributed by atoms with Crippen LogP contribution in [-0.2, 0) is 20.9 Å². The summed E-state index contributed by atoms with van der Waals surface area (Å²) in [6, 6.07) is 7.56. The number of carbonyl (C=O) groups excluding carboxylic acids is 2. The number of amides is 2. The lowest BCUT2D eigenvalue weighted by Crippen LogP contribution is -2.51. The summed E-state index contributed by atoms with van der Waals surface area (Å²) in [4.78, 5) is 30.9. The molecule has 8 nitrogen and oxygen atoms in total.